The summed E-state index contributed by atoms with van der Waals surface area (Å²) < 4.78 is 13.7. The minimum Gasteiger partial charge on any atom is -0.397 e. The van der Waals surface area contributed by atoms with Crippen molar-refractivity contribution in [2.45, 2.75) is 32.1 Å². The maximum atomic E-state index is 13.7. The van der Waals surface area contributed by atoms with Gasteiger partial charge in [-0.05, 0) is 86.3 Å². The highest BCUT2D eigenvalue weighted by Crippen LogP contribution is 2.32. The lowest BCUT2D eigenvalue weighted by Gasteiger charge is -2.32. The summed E-state index contributed by atoms with van der Waals surface area (Å²) in [5.74, 6) is 0.132. The van der Waals surface area contributed by atoms with Crippen LogP contribution in [0.5, 0.6) is 0 Å². The van der Waals surface area contributed by atoms with Crippen molar-refractivity contribution >= 4 is 28.2 Å². The fourth-order valence-corrected chi connectivity index (χ4v) is 4.23. The molecule has 0 aliphatic carbocycles. The van der Waals surface area contributed by atoms with E-state index in [0.29, 0.717) is 23.7 Å². The van der Waals surface area contributed by atoms with Crippen molar-refractivity contribution in [3.63, 3.8) is 0 Å². The predicted molar refractivity (Wildman–Crippen MR) is 119 cm³/mol. The van der Waals surface area contributed by atoms with Crippen molar-refractivity contribution in [3.05, 3.63) is 65.6 Å². The van der Waals surface area contributed by atoms with E-state index >= 15 is 0 Å². The van der Waals surface area contributed by atoms with Gasteiger partial charge in [0.25, 0.3) is 0 Å². The Bertz CT molecular complexity index is 1060. The van der Waals surface area contributed by atoms with E-state index in [1.54, 1.807) is 12.1 Å². The van der Waals surface area contributed by atoms with Crippen LogP contribution in [0.1, 0.15) is 36.3 Å². The zero-order chi connectivity index (χ0) is 21.1. The first kappa shape index (κ1) is 20.3. The quantitative estimate of drug-likeness (QED) is 0.613. The van der Waals surface area contributed by atoms with Gasteiger partial charge in [0, 0.05) is 24.5 Å². The van der Waals surface area contributed by atoms with Gasteiger partial charge < -0.3 is 16.0 Å². The van der Waals surface area contributed by atoms with Crippen LogP contribution in [0.25, 0.3) is 10.9 Å². The molecule has 1 aliphatic heterocycles. The van der Waals surface area contributed by atoms with Gasteiger partial charge in [0.05, 0.1) is 16.9 Å². The molecule has 3 aromatic rings. The number of hydrogen-bond donors (Lipinski definition) is 2. The smallest absolute Gasteiger partial charge is 0.225 e. The Morgan fingerprint density at radius 3 is 2.77 bits per heavy atom. The zero-order valence-electron chi connectivity index (χ0n) is 17.2. The lowest BCUT2D eigenvalue weighted by molar-refractivity contribution is -0.116. The monoisotopic (exact) mass is 406 g/mol. The number of nitrogens with zero attached hydrogens (tertiary/aromatic N) is 2. The average molecular weight is 407 g/mol. The van der Waals surface area contributed by atoms with E-state index in [-0.39, 0.29) is 11.7 Å². The molecule has 3 N–H and O–H groups in total. The number of halogens is 1. The van der Waals surface area contributed by atoms with Gasteiger partial charge in [-0.1, -0.05) is 6.07 Å². The lowest BCUT2D eigenvalue weighted by atomic mass is 9.87. The molecule has 1 aliphatic rings. The summed E-state index contributed by atoms with van der Waals surface area (Å²) in [5.41, 5.74) is 10.3. The molecule has 1 aromatic heterocycles. The van der Waals surface area contributed by atoms with Gasteiger partial charge in [0.1, 0.15) is 5.82 Å². The number of piperidine rings is 1. The standard InChI is InChI=1S/C24H27FN4O/c1-16-2-4-23(21(26)14-16)28-24(30)9-13-29-11-7-17(8-12-29)19-6-10-27-22-5-3-18(25)15-20(19)22/h2-6,10,14-15,17H,7-9,11-13,26H2,1H3,(H,28,30). The molecule has 0 unspecified atom stereocenters. The van der Waals surface area contributed by atoms with Crippen molar-refractivity contribution in [1.82, 2.24) is 9.88 Å². The molecule has 6 heteroatoms. The number of amides is 1. The van der Waals surface area contributed by atoms with Gasteiger partial charge in [-0.3, -0.25) is 9.78 Å². The van der Waals surface area contributed by atoms with Crippen LogP contribution in [0.15, 0.2) is 48.7 Å². The fraction of sp³-hybridized carbons (Fsp3) is 0.333. The number of carbonyl (C=O) groups is 1. The van der Waals surface area contributed by atoms with E-state index < -0.39 is 0 Å². The number of aryl methyl sites for hydroxylation is 1. The van der Waals surface area contributed by atoms with Crippen LogP contribution in [0, 0.1) is 12.7 Å². The van der Waals surface area contributed by atoms with Gasteiger partial charge in [0.15, 0.2) is 0 Å². The Kier molecular flexibility index (Phi) is 5.95. The van der Waals surface area contributed by atoms with Crippen molar-refractivity contribution in [1.29, 1.82) is 0 Å². The van der Waals surface area contributed by atoms with Crippen LogP contribution in [0.4, 0.5) is 15.8 Å². The lowest BCUT2D eigenvalue weighted by Crippen LogP contribution is -2.35. The number of nitrogen functional groups attached to an aromatic ring is 1. The van der Waals surface area contributed by atoms with Crippen LogP contribution in [0.3, 0.4) is 0 Å². The van der Waals surface area contributed by atoms with Gasteiger partial charge >= 0.3 is 0 Å². The first-order chi connectivity index (χ1) is 14.5. The number of aromatic nitrogens is 1. The molecule has 2 heterocycles. The maximum absolute atomic E-state index is 13.7. The number of carbonyl (C=O) groups excluding carboxylic acids is 1. The third-order valence-electron chi connectivity index (χ3n) is 5.90. The molecular weight excluding hydrogens is 379 g/mol. The van der Waals surface area contributed by atoms with E-state index in [2.05, 4.69) is 15.2 Å². The van der Waals surface area contributed by atoms with Crippen molar-refractivity contribution in [2.24, 2.45) is 0 Å². The highest BCUT2D eigenvalue weighted by Gasteiger charge is 2.22. The zero-order valence-corrected chi connectivity index (χ0v) is 17.2. The second-order valence-corrected chi connectivity index (χ2v) is 8.07. The van der Waals surface area contributed by atoms with Crippen molar-refractivity contribution < 1.29 is 9.18 Å². The topological polar surface area (TPSA) is 71.2 Å². The molecular formula is C24H27FN4O. The molecule has 30 heavy (non-hydrogen) atoms. The summed E-state index contributed by atoms with van der Waals surface area (Å²) in [5, 5.41) is 3.81. The second-order valence-electron chi connectivity index (χ2n) is 8.07. The second kappa shape index (κ2) is 8.79. The van der Waals surface area contributed by atoms with Gasteiger partial charge in [0.2, 0.25) is 5.91 Å². The summed E-state index contributed by atoms with van der Waals surface area (Å²) in [6.45, 7) is 4.53. The van der Waals surface area contributed by atoms with E-state index in [1.165, 1.54) is 11.6 Å². The first-order valence-electron chi connectivity index (χ1n) is 10.4. The molecule has 1 amide bonds. The molecule has 1 fully saturated rings. The van der Waals surface area contributed by atoms with Crippen LogP contribution in [-0.4, -0.2) is 35.4 Å². The first-order valence-corrected chi connectivity index (χ1v) is 10.4. The third kappa shape index (κ3) is 4.60. The molecule has 156 valence electrons. The number of nitrogens with one attached hydrogen (secondary N) is 1. The third-order valence-corrected chi connectivity index (χ3v) is 5.90. The minimum absolute atomic E-state index is 0.0247. The molecule has 0 radical (unpaired) electrons. The number of anilines is 2. The Morgan fingerprint density at radius 2 is 2.00 bits per heavy atom. The number of nitrogens with two attached hydrogens (primary N) is 1. The van der Waals surface area contributed by atoms with Crippen LogP contribution in [0.2, 0.25) is 0 Å². The molecule has 1 saturated heterocycles. The number of pyridine rings is 1. The summed E-state index contributed by atoms with van der Waals surface area (Å²) >= 11 is 0. The Labute approximate surface area is 176 Å². The normalized spacial score (nSPS) is 15.4. The summed E-state index contributed by atoms with van der Waals surface area (Å²) in [6, 6.07) is 12.4. The molecule has 2 aromatic carbocycles. The summed E-state index contributed by atoms with van der Waals surface area (Å²) in [7, 11) is 0. The van der Waals surface area contributed by atoms with Crippen molar-refractivity contribution in [2.75, 3.05) is 30.7 Å². The number of likely N-dealkylation sites (tertiary alicyclic amines) is 1. The van der Waals surface area contributed by atoms with E-state index in [0.717, 1.165) is 48.9 Å². The number of rotatable bonds is 5. The Hall–Kier alpha value is -2.99. The fourth-order valence-electron chi connectivity index (χ4n) is 4.23. The van der Waals surface area contributed by atoms with Gasteiger partial charge in [-0.15, -0.1) is 0 Å². The van der Waals surface area contributed by atoms with Crippen LogP contribution < -0.4 is 11.1 Å². The number of fused-ring (bicyclic) bond motifs is 1. The van der Waals surface area contributed by atoms with Crippen LogP contribution >= 0.6 is 0 Å². The molecule has 0 spiro atoms. The number of hydrogen-bond acceptors (Lipinski definition) is 4. The molecule has 0 bridgehead atoms. The average Bonchev–Trinajstić information content (AvgIpc) is 2.74. The molecule has 4 rings (SSSR count). The Morgan fingerprint density at radius 1 is 1.20 bits per heavy atom. The molecule has 5 nitrogen and oxygen atoms in total. The predicted octanol–water partition coefficient (Wildman–Crippen LogP) is 4.47. The largest absolute Gasteiger partial charge is 0.397 e. The minimum atomic E-state index is -0.227. The Balaban J connectivity index is 1.31. The highest BCUT2D eigenvalue weighted by molar-refractivity contribution is 5.94. The summed E-state index contributed by atoms with van der Waals surface area (Å²) in [4.78, 5) is 19.0. The van der Waals surface area contributed by atoms with E-state index in [9.17, 15) is 9.18 Å². The SMILES string of the molecule is Cc1ccc(NC(=O)CCN2CCC(c3ccnc4ccc(F)cc34)CC2)c(N)c1. The maximum Gasteiger partial charge on any atom is 0.225 e. The number of benzene rings is 2. The van der Waals surface area contributed by atoms with Crippen LogP contribution in [-0.2, 0) is 4.79 Å². The summed E-state index contributed by atoms with van der Waals surface area (Å²) in [6.07, 6.45) is 4.22. The molecule has 0 saturated carbocycles. The van der Waals surface area contributed by atoms with E-state index in [1.807, 2.05) is 37.4 Å². The highest BCUT2D eigenvalue weighted by atomic mass is 19.1. The van der Waals surface area contributed by atoms with E-state index in [4.69, 9.17) is 5.73 Å². The molecule has 0 atom stereocenters. The van der Waals surface area contributed by atoms with Crippen molar-refractivity contribution in [3.8, 4) is 0 Å². The van der Waals surface area contributed by atoms with Gasteiger partial charge in [-0.25, -0.2) is 4.39 Å². The van der Waals surface area contributed by atoms with Gasteiger partial charge in [-0.2, -0.15) is 0 Å².